The molecule has 0 fully saturated rings. The van der Waals surface area contributed by atoms with Crippen molar-refractivity contribution in [3.8, 4) is 6.07 Å². The molecule has 1 N–H and O–H groups in total. The summed E-state index contributed by atoms with van der Waals surface area (Å²) >= 11 is 0. The van der Waals surface area contributed by atoms with Gasteiger partial charge >= 0.3 is 5.97 Å². The predicted molar refractivity (Wildman–Crippen MR) is 114 cm³/mol. The summed E-state index contributed by atoms with van der Waals surface area (Å²) in [7, 11) is 0. The van der Waals surface area contributed by atoms with E-state index in [-0.39, 0.29) is 0 Å². The second-order valence-corrected chi connectivity index (χ2v) is 7.07. The summed E-state index contributed by atoms with van der Waals surface area (Å²) in [5.41, 5.74) is 1.96. The Balaban J connectivity index is 2.21. The molecule has 0 amide bonds. The molecule has 2 atom stereocenters. The molecule has 4 nitrogen and oxygen atoms in total. The number of hydrogen-bond donors (Lipinski definition) is 1. The van der Waals surface area contributed by atoms with Crippen LogP contribution in [0.5, 0.6) is 0 Å². The van der Waals surface area contributed by atoms with Crippen LogP contribution in [0.4, 0.5) is 0 Å². The molecule has 0 bridgehead atoms. The highest BCUT2D eigenvalue weighted by Gasteiger charge is 2.41. The van der Waals surface area contributed by atoms with Gasteiger partial charge in [-0.15, -0.1) is 0 Å². The molecule has 0 radical (unpaired) electrons. The Kier molecular flexibility index (Phi) is 5.90. The molecule has 0 aliphatic carbocycles. The number of nitrogens with zero attached hydrogens (tertiary/aromatic N) is 2. The highest BCUT2D eigenvalue weighted by atomic mass is 16.4. The molecule has 3 aromatic rings. The molecule has 0 saturated carbocycles. The first-order valence-electron chi connectivity index (χ1n) is 9.40. The lowest BCUT2D eigenvalue weighted by molar-refractivity contribution is -0.143. The number of rotatable bonds is 6. The van der Waals surface area contributed by atoms with E-state index < -0.39 is 17.4 Å². The van der Waals surface area contributed by atoms with Gasteiger partial charge in [-0.25, -0.2) is 4.79 Å². The van der Waals surface area contributed by atoms with E-state index in [0.717, 1.165) is 11.1 Å². The van der Waals surface area contributed by atoms with Crippen molar-refractivity contribution in [1.82, 2.24) is 0 Å². The topological polar surface area (TPSA) is 73.5 Å². The van der Waals surface area contributed by atoms with Gasteiger partial charge in [-0.2, -0.15) is 5.26 Å². The molecule has 1 unspecified atom stereocenters. The van der Waals surface area contributed by atoms with Crippen LogP contribution in [-0.2, 0) is 4.79 Å². The van der Waals surface area contributed by atoms with Crippen LogP contribution >= 0.6 is 0 Å². The molecular weight excluding hydrogens is 360 g/mol. The molecule has 0 aromatic heterocycles. The number of aliphatic carboxylic acids is 1. The van der Waals surface area contributed by atoms with Crippen molar-refractivity contribution in [1.29, 1.82) is 5.26 Å². The summed E-state index contributed by atoms with van der Waals surface area (Å²) in [4.78, 5) is 17.3. The van der Waals surface area contributed by atoms with Crippen LogP contribution < -0.4 is 0 Å². The first-order valence-corrected chi connectivity index (χ1v) is 9.40. The third-order valence-electron chi connectivity index (χ3n) is 5.26. The molecular formula is C25H22N2O2. The van der Waals surface area contributed by atoms with Crippen molar-refractivity contribution in [3.05, 3.63) is 107 Å². The lowest BCUT2D eigenvalue weighted by Gasteiger charge is -2.30. The smallest absolute Gasteiger partial charge is 0.331 e. The molecule has 29 heavy (non-hydrogen) atoms. The summed E-state index contributed by atoms with van der Waals surface area (Å²) in [5, 5.41) is 19.7. The normalized spacial score (nSPS) is 13.6. The third kappa shape index (κ3) is 4.09. The highest BCUT2D eigenvalue weighted by molar-refractivity contribution is 6.13. The van der Waals surface area contributed by atoms with E-state index in [4.69, 9.17) is 4.99 Å². The average molecular weight is 382 g/mol. The third-order valence-corrected chi connectivity index (χ3v) is 5.26. The van der Waals surface area contributed by atoms with Crippen LogP contribution in [0.3, 0.4) is 0 Å². The van der Waals surface area contributed by atoms with Crippen molar-refractivity contribution in [2.75, 3.05) is 0 Å². The maximum Gasteiger partial charge on any atom is 0.331 e. The van der Waals surface area contributed by atoms with Crippen LogP contribution in [0.25, 0.3) is 0 Å². The van der Waals surface area contributed by atoms with Crippen molar-refractivity contribution in [2.45, 2.75) is 25.3 Å². The van der Waals surface area contributed by atoms with Crippen molar-refractivity contribution in [3.63, 3.8) is 0 Å². The molecule has 144 valence electrons. The highest BCUT2D eigenvalue weighted by Crippen LogP contribution is 2.34. The van der Waals surface area contributed by atoms with E-state index in [1.807, 2.05) is 66.7 Å². The minimum absolute atomic E-state index is 0.462. The van der Waals surface area contributed by atoms with Gasteiger partial charge in [-0.05, 0) is 18.6 Å². The number of carboxylic acid groups (broad SMARTS) is 1. The predicted octanol–water partition coefficient (Wildman–Crippen LogP) is 5.04. The molecule has 3 rings (SSSR count). The van der Waals surface area contributed by atoms with Crippen LogP contribution in [-0.4, -0.2) is 22.3 Å². The average Bonchev–Trinajstić information content (AvgIpc) is 2.77. The van der Waals surface area contributed by atoms with Crippen molar-refractivity contribution in [2.24, 2.45) is 4.99 Å². The maximum atomic E-state index is 12.4. The van der Waals surface area contributed by atoms with Crippen LogP contribution in [0.15, 0.2) is 89.9 Å². The second kappa shape index (κ2) is 8.53. The quantitative estimate of drug-likeness (QED) is 0.607. The summed E-state index contributed by atoms with van der Waals surface area (Å²) in [6.45, 7) is 3.42. The van der Waals surface area contributed by atoms with Gasteiger partial charge in [0.15, 0.2) is 5.54 Å². The fourth-order valence-corrected chi connectivity index (χ4v) is 3.33. The van der Waals surface area contributed by atoms with Gasteiger partial charge < -0.3 is 5.11 Å². The van der Waals surface area contributed by atoms with Gasteiger partial charge in [0.05, 0.1) is 17.3 Å². The molecule has 4 heteroatoms. The van der Waals surface area contributed by atoms with Gasteiger partial charge in [0.25, 0.3) is 0 Å². The Labute approximate surface area is 170 Å². The summed E-state index contributed by atoms with van der Waals surface area (Å²) in [6.07, 6.45) is 0. The minimum Gasteiger partial charge on any atom is -0.479 e. The zero-order valence-electron chi connectivity index (χ0n) is 16.4. The number of carboxylic acids is 1. The van der Waals surface area contributed by atoms with E-state index in [0.29, 0.717) is 16.8 Å². The first kappa shape index (κ1) is 20.0. The lowest BCUT2D eigenvalue weighted by Crippen LogP contribution is -2.40. The van der Waals surface area contributed by atoms with Crippen molar-refractivity contribution >= 4 is 11.7 Å². The summed E-state index contributed by atoms with van der Waals surface area (Å²) in [6, 6.07) is 28.4. The largest absolute Gasteiger partial charge is 0.479 e. The Bertz CT molecular complexity index is 1030. The van der Waals surface area contributed by atoms with Crippen LogP contribution in [0.1, 0.15) is 42.0 Å². The first-order chi connectivity index (χ1) is 14.0. The minimum atomic E-state index is -1.46. The zero-order valence-corrected chi connectivity index (χ0v) is 16.4. The molecule has 0 spiro atoms. The summed E-state index contributed by atoms with van der Waals surface area (Å²) in [5.74, 6) is -1.56. The number of nitriles is 1. The van der Waals surface area contributed by atoms with Crippen molar-refractivity contribution < 1.29 is 9.90 Å². The fourth-order valence-electron chi connectivity index (χ4n) is 3.33. The number of carbonyl (C=O) groups is 1. The van der Waals surface area contributed by atoms with Gasteiger partial charge in [-0.1, -0.05) is 85.8 Å². The molecule has 0 saturated heterocycles. The SMILES string of the molecule is CC(c1ccccc1C#N)[C@@](C)(N=C(c1ccccc1)c1ccccc1)C(=O)O. The Morgan fingerprint density at radius 2 is 1.41 bits per heavy atom. The van der Waals surface area contributed by atoms with Crippen LogP contribution in [0.2, 0.25) is 0 Å². The van der Waals surface area contributed by atoms with E-state index in [1.54, 1.807) is 32.0 Å². The van der Waals surface area contributed by atoms with E-state index in [9.17, 15) is 15.2 Å². The Morgan fingerprint density at radius 1 is 0.931 bits per heavy atom. The van der Waals surface area contributed by atoms with Gasteiger partial charge in [-0.3, -0.25) is 4.99 Å². The van der Waals surface area contributed by atoms with E-state index >= 15 is 0 Å². The number of benzene rings is 3. The Morgan fingerprint density at radius 3 is 1.90 bits per heavy atom. The zero-order chi connectivity index (χ0) is 20.9. The second-order valence-electron chi connectivity index (χ2n) is 7.07. The summed E-state index contributed by atoms with van der Waals surface area (Å²) < 4.78 is 0. The van der Waals surface area contributed by atoms with E-state index in [2.05, 4.69) is 6.07 Å². The van der Waals surface area contributed by atoms with Gasteiger partial charge in [0.1, 0.15) is 0 Å². The standard InChI is InChI=1S/C25H22N2O2/c1-18(22-16-10-9-15-21(22)17-26)25(2,24(28)29)27-23(19-11-5-3-6-12-19)20-13-7-4-8-14-20/h3-16,18H,1-2H3,(H,28,29)/t18?,25-/m1/s1. The molecule has 0 heterocycles. The van der Waals surface area contributed by atoms with Crippen LogP contribution in [0, 0.1) is 11.3 Å². The monoisotopic (exact) mass is 382 g/mol. The molecule has 0 aliphatic rings. The van der Waals surface area contributed by atoms with Gasteiger partial charge in [0.2, 0.25) is 0 Å². The maximum absolute atomic E-state index is 12.4. The molecule has 3 aromatic carbocycles. The van der Waals surface area contributed by atoms with Gasteiger partial charge in [0, 0.05) is 17.0 Å². The molecule has 0 aliphatic heterocycles. The number of aliphatic imine (C=N–C) groups is 1. The Hall–Kier alpha value is -3.71. The number of hydrogen-bond acceptors (Lipinski definition) is 3. The fraction of sp³-hybridized carbons (Fsp3) is 0.160. The van der Waals surface area contributed by atoms with E-state index in [1.165, 1.54) is 0 Å². The lowest BCUT2D eigenvalue weighted by atomic mass is 9.80.